The SMILES string of the molecule is CC(C)C[C@@H](Nc1cnc(C(N)=O)c(Nc2ccc(-c3ccccn3)cc2)n1)C(N)=O. The molecule has 2 amide bonds. The minimum atomic E-state index is -0.722. The Hall–Kier alpha value is -4.01. The van der Waals surface area contributed by atoms with Gasteiger partial charge in [0.2, 0.25) is 5.91 Å². The zero-order chi connectivity index (χ0) is 22.4. The van der Waals surface area contributed by atoms with Crippen LogP contribution in [0.4, 0.5) is 17.3 Å². The second-order valence-corrected chi connectivity index (χ2v) is 7.46. The number of nitrogens with one attached hydrogen (secondary N) is 2. The number of anilines is 3. The summed E-state index contributed by atoms with van der Waals surface area (Å²) in [5.41, 5.74) is 13.4. The van der Waals surface area contributed by atoms with Crippen LogP contribution in [0.3, 0.4) is 0 Å². The zero-order valence-corrected chi connectivity index (χ0v) is 17.4. The van der Waals surface area contributed by atoms with Gasteiger partial charge in [-0.05, 0) is 36.6 Å². The van der Waals surface area contributed by atoms with E-state index in [9.17, 15) is 9.59 Å². The molecule has 0 radical (unpaired) electrons. The topological polar surface area (TPSA) is 149 Å². The van der Waals surface area contributed by atoms with E-state index in [1.807, 2.05) is 56.3 Å². The molecule has 160 valence electrons. The van der Waals surface area contributed by atoms with Crippen LogP contribution in [0.15, 0.2) is 54.9 Å². The number of carbonyl (C=O) groups is 2. The fourth-order valence-corrected chi connectivity index (χ4v) is 3.02. The fraction of sp³-hybridized carbons (Fsp3) is 0.227. The maximum absolute atomic E-state index is 11.8. The third-order valence-electron chi connectivity index (χ3n) is 4.49. The van der Waals surface area contributed by atoms with Crippen LogP contribution in [0, 0.1) is 5.92 Å². The molecule has 1 atom stereocenters. The second kappa shape index (κ2) is 9.66. The molecule has 3 aromatic rings. The van der Waals surface area contributed by atoms with Gasteiger partial charge in [-0.1, -0.05) is 32.0 Å². The summed E-state index contributed by atoms with van der Waals surface area (Å²) in [6, 6.07) is 12.5. The molecule has 0 saturated heterocycles. The Balaban J connectivity index is 1.84. The Morgan fingerprint density at radius 1 is 1.03 bits per heavy atom. The molecule has 9 heteroatoms. The summed E-state index contributed by atoms with van der Waals surface area (Å²) in [5.74, 6) is -0.481. The van der Waals surface area contributed by atoms with Crippen molar-refractivity contribution in [2.75, 3.05) is 10.6 Å². The van der Waals surface area contributed by atoms with Crippen LogP contribution in [0.5, 0.6) is 0 Å². The van der Waals surface area contributed by atoms with Crippen molar-refractivity contribution in [2.45, 2.75) is 26.3 Å². The largest absolute Gasteiger partial charge is 0.368 e. The second-order valence-electron chi connectivity index (χ2n) is 7.46. The predicted molar refractivity (Wildman–Crippen MR) is 120 cm³/mol. The van der Waals surface area contributed by atoms with E-state index in [-0.39, 0.29) is 17.4 Å². The summed E-state index contributed by atoms with van der Waals surface area (Å²) in [4.78, 5) is 36.4. The number of primary amides is 2. The summed E-state index contributed by atoms with van der Waals surface area (Å²) < 4.78 is 0. The minimum absolute atomic E-state index is 0.0150. The first-order valence-electron chi connectivity index (χ1n) is 9.84. The molecule has 0 aliphatic carbocycles. The van der Waals surface area contributed by atoms with Crippen molar-refractivity contribution in [2.24, 2.45) is 17.4 Å². The number of amides is 2. The highest BCUT2D eigenvalue weighted by Crippen LogP contribution is 2.23. The predicted octanol–water partition coefficient (Wildman–Crippen LogP) is 2.69. The first-order valence-corrected chi connectivity index (χ1v) is 9.84. The first kappa shape index (κ1) is 21.7. The number of carbonyl (C=O) groups excluding carboxylic acids is 2. The van der Waals surface area contributed by atoms with Gasteiger partial charge in [-0.15, -0.1) is 0 Å². The van der Waals surface area contributed by atoms with Gasteiger partial charge in [-0.3, -0.25) is 14.6 Å². The summed E-state index contributed by atoms with van der Waals surface area (Å²) >= 11 is 0. The van der Waals surface area contributed by atoms with E-state index in [4.69, 9.17) is 11.5 Å². The first-order chi connectivity index (χ1) is 14.8. The quantitative estimate of drug-likeness (QED) is 0.416. The number of nitrogens with zero attached hydrogens (tertiary/aromatic N) is 3. The fourth-order valence-electron chi connectivity index (χ4n) is 3.02. The molecule has 0 bridgehead atoms. The van der Waals surface area contributed by atoms with E-state index in [1.54, 1.807) is 6.20 Å². The smallest absolute Gasteiger partial charge is 0.271 e. The monoisotopic (exact) mass is 419 g/mol. The maximum atomic E-state index is 11.8. The van der Waals surface area contributed by atoms with E-state index in [1.165, 1.54) is 6.20 Å². The lowest BCUT2D eigenvalue weighted by molar-refractivity contribution is -0.119. The third kappa shape index (κ3) is 5.75. The number of rotatable bonds is 9. The van der Waals surface area contributed by atoms with Gasteiger partial charge in [0, 0.05) is 17.4 Å². The molecule has 31 heavy (non-hydrogen) atoms. The molecule has 0 spiro atoms. The Labute approximate surface area is 180 Å². The number of benzene rings is 1. The van der Waals surface area contributed by atoms with Crippen LogP contribution < -0.4 is 22.1 Å². The van der Waals surface area contributed by atoms with Gasteiger partial charge in [0.05, 0.1) is 11.9 Å². The van der Waals surface area contributed by atoms with Crippen LogP contribution in [-0.2, 0) is 4.79 Å². The van der Waals surface area contributed by atoms with Crippen molar-refractivity contribution in [3.63, 3.8) is 0 Å². The van der Waals surface area contributed by atoms with Crippen molar-refractivity contribution in [3.8, 4) is 11.3 Å². The molecule has 0 aliphatic rings. The van der Waals surface area contributed by atoms with E-state index < -0.39 is 17.9 Å². The third-order valence-corrected chi connectivity index (χ3v) is 4.49. The molecule has 1 aromatic carbocycles. The molecule has 2 heterocycles. The summed E-state index contributed by atoms with van der Waals surface area (Å²) in [6.45, 7) is 3.97. The minimum Gasteiger partial charge on any atom is -0.368 e. The molecule has 9 nitrogen and oxygen atoms in total. The van der Waals surface area contributed by atoms with E-state index in [0.29, 0.717) is 17.9 Å². The zero-order valence-electron chi connectivity index (χ0n) is 17.4. The Bertz CT molecular complexity index is 1050. The Morgan fingerprint density at radius 2 is 1.77 bits per heavy atom. The normalized spacial score (nSPS) is 11.7. The lowest BCUT2D eigenvalue weighted by Gasteiger charge is -2.18. The number of nitrogens with two attached hydrogens (primary N) is 2. The molecule has 0 unspecified atom stereocenters. The van der Waals surface area contributed by atoms with E-state index in [0.717, 1.165) is 11.3 Å². The van der Waals surface area contributed by atoms with Crippen LogP contribution in [0.25, 0.3) is 11.3 Å². The van der Waals surface area contributed by atoms with Gasteiger partial charge in [0.25, 0.3) is 5.91 Å². The highest BCUT2D eigenvalue weighted by molar-refractivity contribution is 5.96. The molecule has 0 saturated carbocycles. The molecular weight excluding hydrogens is 394 g/mol. The van der Waals surface area contributed by atoms with Gasteiger partial charge in [0.1, 0.15) is 11.9 Å². The molecule has 2 aromatic heterocycles. The molecule has 0 aliphatic heterocycles. The maximum Gasteiger partial charge on any atom is 0.271 e. The van der Waals surface area contributed by atoms with Gasteiger partial charge in [0.15, 0.2) is 11.5 Å². The summed E-state index contributed by atoms with van der Waals surface area (Å²) in [5, 5.41) is 6.05. The van der Waals surface area contributed by atoms with Crippen molar-refractivity contribution in [1.82, 2.24) is 15.0 Å². The molecule has 3 rings (SSSR count). The van der Waals surface area contributed by atoms with Crippen molar-refractivity contribution < 1.29 is 9.59 Å². The van der Waals surface area contributed by atoms with Crippen LogP contribution in [-0.4, -0.2) is 32.8 Å². The number of aromatic nitrogens is 3. The van der Waals surface area contributed by atoms with Crippen molar-refractivity contribution in [1.29, 1.82) is 0 Å². The summed E-state index contributed by atoms with van der Waals surface area (Å²) in [6.07, 6.45) is 3.62. The number of pyridine rings is 1. The van der Waals surface area contributed by atoms with Gasteiger partial charge in [-0.25, -0.2) is 9.97 Å². The lowest BCUT2D eigenvalue weighted by atomic mass is 10.0. The average molecular weight is 419 g/mol. The van der Waals surface area contributed by atoms with Crippen molar-refractivity contribution in [3.05, 3.63) is 60.6 Å². The summed E-state index contributed by atoms with van der Waals surface area (Å²) in [7, 11) is 0. The Kier molecular flexibility index (Phi) is 6.76. The highest BCUT2D eigenvalue weighted by Gasteiger charge is 2.19. The van der Waals surface area contributed by atoms with Gasteiger partial charge < -0.3 is 22.1 Å². The van der Waals surface area contributed by atoms with Gasteiger partial charge in [-0.2, -0.15) is 0 Å². The molecule has 0 fully saturated rings. The molecule has 6 N–H and O–H groups in total. The highest BCUT2D eigenvalue weighted by atomic mass is 16.1. The standard InChI is InChI=1S/C22H25N7O2/c1-13(2)11-17(20(23)30)28-18-12-26-19(21(24)31)22(29-18)27-15-8-6-14(7-9-15)16-5-3-4-10-25-16/h3-10,12-13,17H,11H2,1-2H3,(H2,23,30)(H2,24,31)(H2,27,28,29)/t17-/m1/s1. The van der Waals surface area contributed by atoms with E-state index in [2.05, 4.69) is 25.6 Å². The number of hydrogen-bond donors (Lipinski definition) is 4. The van der Waals surface area contributed by atoms with Gasteiger partial charge >= 0.3 is 0 Å². The number of hydrogen-bond acceptors (Lipinski definition) is 7. The van der Waals surface area contributed by atoms with Crippen LogP contribution in [0.2, 0.25) is 0 Å². The lowest BCUT2D eigenvalue weighted by Crippen LogP contribution is -2.37. The van der Waals surface area contributed by atoms with Crippen molar-refractivity contribution >= 4 is 29.1 Å². The Morgan fingerprint density at radius 3 is 2.35 bits per heavy atom. The average Bonchev–Trinajstić information content (AvgIpc) is 2.74. The van der Waals surface area contributed by atoms with Crippen LogP contribution >= 0.6 is 0 Å². The van der Waals surface area contributed by atoms with Crippen LogP contribution in [0.1, 0.15) is 30.8 Å². The van der Waals surface area contributed by atoms with E-state index >= 15 is 0 Å². The molecular formula is C22H25N7O2.